The Labute approximate surface area is 91.7 Å². The van der Waals surface area contributed by atoms with Gasteiger partial charge in [-0.15, -0.1) is 0 Å². The molecule has 2 atom stereocenters. The maximum atomic E-state index is 11.7. The molecule has 0 aromatic carbocycles. The van der Waals surface area contributed by atoms with Crippen LogP contribution in [-0.4, -0.2) is 43.1 Å². The monoisotopic (exact) mass is 236 g/mol. The van der Waals surface area contributed by atoms with Crippen LogP contribution < -0.4 is 4.72 Å². The van der Waals surface area contributed by atoms with Gasteiger partial charge in [-0.1, -0.05) is 0 Å². The third-order valence-corrected chi connectivity index (χ3v) is 4.37. The minimum atomic E-state index is -3.35. The van der Waals surface area contributed by atoms with E-state index in [9.17, 15) is 13.5 Å². The fraction of sp³-hybridized carbons (Fsp3) is 1.00. The van der Waals surface area contributed by atoms with Crippen molar-refractivity contribution in [3.8, 4) is 0 Å². The highest BCUT2D eigenvalue weighted by Gasteiger charge is 2.33. The first-order chi connectivity index (χ1) is 6.83. The first kappa shape index (κ1) is 12.9. The van der Waals surface area contributed by atoms with Gasteiger partial charge in [0.15, 0.2) is 0 Å². The van der Waals surface area contributed by atoms with E-state index in [-0.39, 0.29) is 12.0 Å². The average molecular weight is 236 g/mol. The zero-order chi connectivity index (χ0) is 11.6. The molecular formula is C9H20N2O3S. The largest absolute Gasteiger partial charge is 0.393 e. The zero-order valence-electron chi connectivity index (χ0n) is 9.47. The first-order valence-electron chi connectivity index (χ1n) is 5.28. The number of hydrogen-bond donors (Lipinski definition) is 2. The third kappa shape index (κ3) is 3.41. The SMILES string of the molecule is CC(C)NS(=O)(=O)N1CCC(C(C)O)C1. The molecule has 1 fully saturated rings. The highest BCUT2D eigenvalue weighted by molar-refractivity contribution is 7.87. The molecule has 0 saturated carbocycles. The van der Waals surface area contributed by atoms with Crippen molar-refractivity contribution < 1.29 is 13.5 Å². The van der Waals surface area contributed by atoms with Gasteiger partial charge in [0.1, 0.15) is 0 Å². The van der Waals surface area contributed by atoms with Crippen LogP contribution in [0.15, 0.2) is 0 Å². The van der Waals surface area contributed by atoms with E-state index in [4.69, 9.17) is 0 Å². The predicted molar refractivity (Wildman–Crippen MR) is 58.6 cm³/mol. The van der Waals surface area contributed by atoms with Gasteiger partial charge >= 0.3 is 0 Å². The van der Waals surface area contributed by atoms with Gasteiger partial charge in [0.2, 0.25) is 0 Å². The lowest BCUT2D eigenvalue weighted by molar-refractivity contribution is 0.132. The first-order valence-corrected chi connectivity index (χ1v) is 6.72. The molecule has 6 heteroatoms. The van der Waals surface area contributed by atoms with Crippen molar-refractivity contribution in [1.29, 1.82) is 0 Å². The maximum Gasteiger partial charge on any atom is 0.279 e. The minimum absolute atomic E-state index is 0.0636. The molecule has 1 rings (SSSR count). The van der Waals surface area contributed by atoms with Crippen LogP contribution >= 0.6 is 0 Å². The number of aliphatic hydroxyl groups is 1. The van der Waals surface area contributed by atoms with Gasteiger partial charge in [-0.2, -0.15) is 17.4 Å². The van der Waals surface area contributed by atoms with Crippen molar-refractivity contribution in [3.05, 3.63) is 0 Å². The molecule has 0 aromatic heterocycles. The zero-order valence-corrected chi connectivity index (χ0v) is 10.3. The lowest BCUT2D eigenvalue weighted by Crippen LogP contribution is -2.42. The molecule has 1 aliphatic rings. The van der Waals surface area contributed by atoms with Gasteiger partial charge < -0.3 is 5.11 Å². The maximum absolute atomic E-state index is 11.7. The van der Waals surface area contributed by atoms with Crippen molar-refractivity contribution >= 4 is 10.2 Å². The van der Waals surface area contributed by atoms with E-state index in [1.54, 1.807) is 20.8 Å². The van der Waals surface area contributed by atoms with Gasteiger partial charge in [-0.25, -0.2) is 0 Å². The summed E-state index contributed by atoms with van der Waals surface area (Å²) < 4.78 is 27.4. The summed E-state index contributed by atoms with van der Waals surface area (Å²) in [4.78, 5) is 0. The fourth-order valence-electron chi connectivity index (χ4n) is 1.74. The lowest BCUT2D eigenvalue weighted by Gasteiger charge is -2.19. The quantitative estimate of drug-likeness (QED) is 0.718. The molecule has 0 aliphatic carbocycles. The standard InChI is InChI=1S/C9H20N2O3S/c1-7(2)10-15(13,14)11-5-4-9(6-11)8(3)12/h7-10,12H,4-6H2,1-3H3. The fourth-order valence-corrected chi connectivity index (χ4v) is 3.22. The Hall–Kier alpha value is -0.170. The average Bonchev–Trinajstić information content (AvgIpc) is 2.48. The minimum Gasteiger partial charge on any atom is -0.393 e. The molecular weight excluding hydrogens is 216 g/mol. The van der Waals surface area contributed by atoms with E-state index in [0.29, 0.717) is 13.1 Å². The Kier molecular flexibility index (Phi) is 4.11. The Morgan fingerprint density at radius 2 is 2.00 bits per heavy atom. The highest BCUT2D eigenvalue weighted by atomic mass is 32.2. The van der Waals surface area contributed by atoms with Crippen LogP contribution in [0.2, 0.25) is 0 Å². The second kappa shape index (κ2) is 4.78. The molecule has 0 aromatic rings. The number of nitrogens with one attached hydrogen (secondary N) is 1. The van der Waals surface area contributed by atoms with Crippen LogP contribution in [0.25, 0.3) is 0 Å². The summed E-state index contributed by atoms with van der Waals surface area (Å²) in [5, 5.41) is 9.38. The molecule has 0 radical (unpaired) electrons. The second-order valence-corrected chi connectivity index (χ2v) is 6.13. The summed E-state index contributed by atoms with van der Waals surface area (Å²) in [6, 6.07) is -0.0967. The van der Waals surface area contributed by atoms with Crippen LogP contribution in [0, 0.1) is 5.92 Å². The van der Waals surface area contributed by atoms with E-state index < -0.39 is 16.3 Å². The molecule has 15 heavy (non-hydrogen) atoms. The van der Waals surface area contributed by atoms with Crippen LogP contribution in [0.3, 0.4) is 0 Å². The molecule has 5 nitrogen and oxygen atoms in total. The van der Waals surface area contributed by atoms with Crippen molar-refractivity contribution in [3.63, 3.8) is 0 Å². The van der Waals surface area contributed by atoms with Crippen molar-refractivity contribution in [2.45, 2.75) is 39.3 Å². The van der Waals surface area contributed by atoms with E-state index in [1.165, 1.54) is 4.31 Å². The molecule has 2 N–H and O–H groups in total. The third-order valence-electron chi connectivity index (χ3n) is 2.59. The molecule has 90 valence electrons. The normalized spacial score (nSPS) is 26.1. The van der Waals surface area contributed by atoms with Crippen molar-refractivity contribution in [2.75, 3.05) is 13.1 Å². The Morgan fingerprint density at radius 1 is 1.40 bits per heavy atom. The van der Waals surface area contributed by atoms with Gasteiger partial charge in [-0.3, -0.25) is 0 Å². The van der Waals surface area contributed by atoms with Crippen LogP contribution in [0.1, 0.15) is 27.2 Å². The number of rotatable bonds is 4. The molecule has 0 spiro atoms. The van der Waals surface area contributed by atoms with Crippen LogP contribution in [-0.2, 0) is 10.2 Å². The van der Waals surface area contributed by atoms with Crippen molar-refractivity contribution in [1.82, 2.24) is 9.03 Å². The summed E-state index contributed by atoms with van der Waals surface area (Å²) in [6.45, 7) is 6.20. The van der Waals surface area contributed by atoms with Gasteiger partial charge in [0, 0.05) is 19.1 Å². The molecule has 0 bridgehead atoms. The van der Waals surface area contributed by atoms with Gasteiger partial charge in [0.25, 0.3) is 10.2 Å². The molecule has 1 aliphatic heterocycles. The number of nitrogens with zero attached hydrogens (tertiary/aromatic N) is 1. The highest BCUT2D eigenvalue weighted by Crippen LogP contribution is 2.21. The molecule has 2 unspecified atom stereocenters. The Morgan fingerprint density at radius 3 is 2.40 bits per heavy atom. The molecule has 0 amide bonds. The van der Waals surface area contributed by atoms with Crippen molar-refractivity contribution in [2.24, 2.45) is 5.92 Å². The number of aliphatic hydroxyl groups excluding tert-OH is 1. The lowest BCUT2D eigenvalue weighted by atomic mass is 10.0. The van der Waals surface area contributed by atoms with E-state index >= 15 is 0 Å². The molecule has 1 saturated heterocycles. The van der Waals surface area contributed by atoms with E-state index in [1.807, 2.05) is 0 Å². The second-order valence-electron chi connectivity index (χ2n) is 4.42. The van der Waals surface area contributed by atoms with Crippen LogP contribution in [0.4, 0.5) is 0 Å². The summed E-state index contributed by atoms with van der Waals surface area (Å²) in [5.41, 5.74) is 0. The topological polar surface area (TPSA) is 69.6 Å². The summed E-state index contributed by atoms with van der Waals surface area (Å²) in [5.74, 6) is 0.0636. The van der Waals surface area contributed by atoms with E-state index in [2.05, 4.69) is 4.72 Å². The summed E-state index contributed by atoms with van der Waals surface area (Å²) in [6.07, 6.45) is 0.292. The molecule has 1 heterocycles. The number of hydrogen-bond acceptors (Lipinski definition) is 3. The van der Waals surface area contributed by atoms with Gasteiger partial charge in [-0.05, 0) is 33.1 Å². The van der Waals surface area contributed by atoms with Gasteiger partial charge in [0.05, 0.1) is 6.10 Å². The predicted octanol–water partition coefficient (Wildman–Crippen LogP) is -0.0681. The summed E-state index contributed by atoms with van der Waals surface area (Å²) in [7, 11) is -3.35. The smallest absolute Gasteiger partial charge is 0.279 e. The summed E-state index contributed by atoms with van der Waals surface area (Å²) >= 11 is 0. The Balaban J connectivity index is 2.60. The van der Waals surface area contributed by atoms with E-state index in [0.717, 1.165) is 6.42 Å². The Bertz CT molecular complexity index is 300. The van der Waals surface area contributed by atoms with Crippen LogP contribution in [0.5, 0.6) is 0 Å².